The number of primary amides is 1. The summed E-state index contributed by atoms with van der Waals surface area (Å²) in [5, 5.41) is 9.81. The van der Waals surface area contributed by atoms with E-state index in [1.165, 1.54) is 0 Å². The second kappa shape index (κ2) is 9.36. The molecule has 1 aromatic carbocycles. The third-order valence-corrected chi connectivity index (χ3v) is 5.20. The van der Waals surface area contributed by atoms with Crippen LogP contribution in [0.2, 0.25) is 0 Å². The van der Waals surface area contributed by atoms with Crippen LogP contribution in [0.1, 0.15) is 56.9 Å². The maximum Gasteiger partial charge on any atom is 0.310 e. The van der Waals surface area contributed by atoms with Gasteiger partial charge in [0.2, 0.25) is 11.8 Å². The molecular weight excluding hydrogens is 332 g/mol. The van der Waals surface area contributed by atoms with Crippen LogP contribution in [0.15, 0.2) is 30.3 Å². The maximum absolute atomic E-state index is 13.0. The third kappa shape index (κ3) is 5.58. The summed E-state index contributed by atoms with van der Waals surface area (Å²) in [4.78, 5) is 37.7. The van der Waals surface area contributed by atoms with Crippen LogP contribution in [-0.2, 0) is 20.9 Å². The molecule has 3 N–H and O–H groups in total. The summed E-state index contributed by atoms with van der Waals surface area (Å²) < 4.78 is 0. The second-order valence-electron chi connectivity index (χ2n) is 7.19. The number of carbonyl (C=O) groups is 3. The highest BCUT2D eigenvalue weighted by atomic mass is 16.4. The number of hydrogen-bond acceptors (Lipinski definition) is 3. The van der Waals surface area contributed by atoms with Crippen molar-refractivity contribution in [3.05, 3.63) is 35.9 Å². The highest BCUT2D eigenvalue weighted by Crippen LogP contribution is 2.39. The van der Waals surface area contributed by atoms with E-state index >= 15 is 0 Å². The van der Waals surface area contributed by atoms with Crippen molar-refractivity contribution < 1.29 is 19.5 Å². The Bertz CT molecular complexity index is 622. The summed E-state index contributed by atoms with van der Waals surface area (Å²) in [7, 11) is 0. The molecule has 0 spiro atoms. The summed E-state index contributed by atoms with van der Waals surface area (Å²) in [6.07, 6.45) is 4.80. The molecule has 0 aromatic heterocycles. The van der Waals surface area contributed by atoms with Crippen molar-refractivity contribution in [3.63, 3.8) is 0 Å². The molecule has 0 heterocycles. The Labute approximate surface area is 154 Å². The van der Waals surface area contributed by atoms with Crippen molar-refractivity contribution in [2.75, 3.05) is 6.54 Å². The SMILES string of the molecule is NC(=O)CCN(Cc1ccccc1)C(=O)CC1(C(=O)O)CCCCCC1. The van der Waals surface area contributed by atoms with Gasteiger partial charge in [-0.25, -0.2) is 0 Å². The number of carbonyl (C=O) groups excluding carboxylic acids is 2. The van der Waals surface area contributed by atoms with Crippen LogP contribution < -0.4 is 5.73 Å². The number of aliphatic carboxylic acids is 1. The first-order chi connectivity index (χ1) is 12.4. The smallest absolute Gasteiger partial charge is 0.310 e. The minimum atomic E-state index is -0.991. The quantitative estimate of drug-likeness (QED) is 0.696. The minimum Gasteiger partial charge on any atom is -0.481 e. The molecule has 1 aliphatic rings. The molecular formula is C20H28N2O4. The molecule has 6 nitrogen and oxygen atoms in total. The van der Waals surface area contributed by atoms with Gasteiger partial charge in [-0.2, -0.15) is 0 Å². The fourth-order valence-electron chi connectivity index (χ4n) is 3.61. The third-order valence-electron chi connectivity index (χ3n) is 5.20. The first-order valence-electron chi connectivity index (χ1n) is 9.26. The Balaban J connectivity index is 2.14. The van der Waals surface area contributed by atoms with Crippen LogP contribution in [-0.4, -0.2) is 34.3 Å². The van der Waals surface area contributed by atoms with E-state index in [-0.39, 0.29) is 25.3 Å². The summed E-state index contributed by atoms with van der Waals surface area (Å²) in [5.74, 6) is -1.58. The summed E-state index contributed by atoms with van der Waals surface area (Å²) in [5.41, 5.74) is 5.19. The van der Waals surface area contributed by atoms with E-state index in [4.69, 9.17) is 5.73 Å². The number of hydrogen-bond donors (Lipinski definition) is 2. The molecule has 142 valence electrons. The Hall–Kier alpha value is -2.37. The number of nitrogens with two attached hydrogens (primary N) is 1. The number of nitrogens with zero attached hydrogens (tertiary/aromatic N) is 1. The first kappa shape index (κ1) is 19.9. The van der Waals surface area contributed by atoms with E-state index in [0.29, 0.717) is 19.4 Å². The fraction of sp³-hybridized carbons (Fsp3) is 0.550. The molecule has 0 radical (unpaired) electrons. The van der Waals surface area contributed by atoms with Gasteiger partial charge in [-0.05, 0) is 18.4 Å². The molecule has 2 amide bonds. The highest BCUT2D eigenvalue weighted by Gasteiger charge is 2.41. The normalized spacial score (nSPS) is 16.5. The zero-order chi connectivity index (χ0) is 19.0. The number of rotatable bonds is 8. The van der Waals surface area contributed by atoms with Gasteiger partial charge in [-0.1, -0.05) is 56.0 Å². The van der Waals surface area contributed by atoms with Crippen LogP contribution in [0.5, 0.6) is 0 Å². The fourth-order valence-corrected chi connectivity index (χ4v) is 3.61. The Morgan fingerprint density at radius 2 is 1.65 bits per heavy atom. The summed E-state index contributed by atoms with van der Waals surface area (Å²) >= 11 is 0. The number of carboxylic acid groups (broad SMARTS) is 1. The molecule has 0 atom stereocenters. The van der Waals surface area contributed by atoms with Crippen molar-refractivity contribution in [3.8, 4) is 0 Å². The van der Waals surface area contributed by atoms with E-state index in [9.17, 15) is 19.5 Å². The highest BCUT2D eigenvalue weighted by molar-refractivity contribution is 5.85. The predicted octanol–water partition coefficient (Wildman–Crippen LogP) is 2.71. The first-order valence-corrected chi connectivity index (χ1v) is 9.26. The van der Waals surface area contributed by atoms with Gasteiger partial charge in [0, 0.05) is 25.9 Å². The van der Waals surface area contributed by atoms with Crippen LogP contribution in [0.25, 0.3) is 0 Å². The molecule has 1 fully saturated rings. The van der Waals surface area contributed by atoms with Crippen molar-refractivity contribution >= 4 is 17.8 Å². The maximum atomic E-state index is 13.0. The summed E-state index contributed by atoms with van der Waals surface area (Å²) in [6.45, 7) is 0.557. The van der Waals surface area contributed by atoms with Crippen molar-refractivity contribution in [2.45, 2.75) is 57.9 Å². The molecule has 2 rings (SSSR count). The minimum absolute atomic E-state index is 0.0199. The lowest BCUT2D eigenvalue weighted by Gasteiger charge is -2.31. The van der Waals surface area contributed by atoms with Gasteiger partial charge in [-0.3, -0.25) is 14.4 Å². The lowest BCUT2D eigenvalue weighted by atomic mass is 9.77. The van der Waals surface area contributed by atoms with Crippen LogP contribution in [0.3, 0.4) is 0 Å². The van der Waals surface area contributed by atoms with Gasteiger partial charge in [0.15, 0.2) is 0 Å². The van der Waals surface area contributed by atoms with Gasteiger partial charge in [0.05, 0.1) is 5.41 Å². The largest absolute Gasteiger partial charge is 0.481 e. The van der Waals surface area contributed by atoms with Crippen LogP contribution >= 0.6 is 0 Å². The Morgan fingerprint density at radius 1 is 1.04 bits per heavy atom. The molecule has 0 unspecified atom stereocenters. The van der Waals surface area contributed by atoms with Crippen molar-refractivity contribution in [2.24, 2.45) is 11.1 Å². The van der Waals surface area contributed by atoms with Gasteiger partial charge in [-0.15, -0.1) is 0 Å². The van der Waals surface area contributed by atoms with E-state index in [1.807, 2.05) is 30.3 Å². The monoisotopic (exact) mass is 360 g/mol. The summed E-state index contributed by atoms with van der Waals surface area (Å²) in [6, 6.07) is 9.47. The molecule has 1 aromatic rings. The van der Waals surface area contributed by atoms with E-state index < -0.39 is 17.3 Å². The molecule has 0 bridgehead atoms. The van der Waals surface area contributed by atoms with Crippen molar-refractivity contribution in [1.29, 1.82) is 0 Å². The molecule has 6 heteroatoms. The lowest BCUT2D eigenvalue weighted by Crippen LogP contribution is -2.40. The number of benzene rings is 1. The van der Waals surface area contributed by atoms with E-state index in [0.717, 1.165) is 31.2 Å². The van der Waals surface area contributed by atoms with E-state index in [1.54, 1.807) is 4.90 Å². The standard InChI is InChI=1S/C20H28N2O4/c21-17(23)10-13-22(15-16-8-4-3-5-9-16)18(24)14-20(19(25)26)11-6-1-2-7-12-20/h3-5,8-9H,1-2,6-7,10-15H2,(H2,21,23)(H,25,26). The zero-order valence-corrected chi connectivity index (χ0v) is 15.2. The second-order valence-corrected chi connectivity index (χ2v) is 7.19. The molecule has 26 heavy (non-hydrogen) atoms. The van der Waals surface area contributed by atoms with Crippen LogP contribution in [0, 0.1) is 5.41 Å². The average Bonchev–Trinajstić information content (AvgIpc) is 2.85. The number of amides is 2. The van der Waals surface area contributed by atoms with Gasteiger partial charge < -0.3 is 15.7 Å². The lowest BCUT2D eigenvalue weighted by molar-refractivity contribution is -0.155. The van der Waals surface area contributed by atoms with Gasteiger partial charge in [0.1, 0.15) is 0 Å². The van der Waals surface area contributed by atoms with E-state index in [2.05, 4.69) is 0 Å². The zero-order valence-electron chi connectivity index (χ0n) is 15.2. The predicted molar refractivity (Wildman–Crippen MR) is 98.1 cm³/mol. The van der Waals surface area contributed by atoms with Crippen LogP contribution in [0.4, 0.5) is 0 Å². The van der Waals surface area contributed by atoms with Gasteiger partial charge in [0.25, 0.3) is 0 Å². The molecule has 0 saturated heterocycles. The van der Waals surface area contributed by atoms with Gasteiger partial charge >= 0.3 is 5.97 Å². The molecule has 1 aliphatic carbocycles. The Kier molecular flexibility index (Phi) is 7.18. The Morgan fingerprint density at radius 3 is 2.19 bits per heavy atom. The average molecular weight is 360 g/mol. The molecule has 1 saturated carbocycles. The van der Waals surface area contributed by atoms with Crippen molar-refractivity contribution in [1.82, 2.24) is 4.90 Å². The molecule has 0 aliphatic heterocycles. The number of carboxylic acids is 1. The topological polar surface area (TPSA) is 101 Å².